The number of benzene rings is 1. The van der Waals surface area contributed by atoms with E-state index >= 15 is 0 Å². The Morgan fingerprint density at radius 1 is 1.48 bits per heavy atom. The van der Waals surface area contributed by atoms with Crippen LogP contribution >= 0.6 is 27.5 Å². The van der Waals surface area contributed by atoms with Crippen LogP contribution in [0, 0.1) is 0 Å². The Kier molecular flexibility index (Phi) is 6.75. The molecule has 0 bridgehead atoms. The summed E-state index contributed by atoms with van der Waals surface area (Å²) < 4.78 is 6.34. The molecule has 0 N–H and O–H groups in total. The molecular weight excluding hydrogens is 354 g/mol. The molecule has 0 spiro atoms. The summed E-state index contributed by atoms with van der Waals surface area (Å²) in [5, 5.41) is 0.687. The smallest absolute Gasteiger partial charge is 0.410 e. The first-order valence-corrected chi connectivity index (χ1v) is 7.93. The van der Waals surface area contributed by atoms with Gasteiger partial charge in [0.1, 0.15) is 5.60 Å². The van der Waals surface area contributed by atoms with Crippen molar-refractivity contribution in [2.75, 3.05) is 13.1 Å². The standard InChI is InChI=1S/C16H21BrClNO2/c1-5-10-19(15(20)21-16(2,3)4)11-9-12-13(17)7-6-8-14(12)18/h5-8H,1,9-11H2,2-4H3. The minimum Gasteiger partial charge on any atom is -0.444 e. The van der Waals surface area contributed by atoms with E-state index in [1.165, 1.54) is 0 Å². The Bertz CT molecular complexity index is 491. The van der Waals surface area contributed by atoms with Gasteiger partial charge in [-0.15, -0.1) is 6.58 Å². The van der Waals surface area contributed by atoms with Crippen LogP contribution in [0.25, 0.3) is 0 Å². The Hall–Kier alpha value is -1.00. The Morgan fingerprint density at radius 3 is 2.67 bits per heavy atom. The molecule has 1 amide bonds. The molecule has 1 aromatic rings. The van der Waals surface area contributed by atoms with Crippen molar-refractivity contribution in [3.63, 3.8) is 0 Å². The van der Waals surface area contributed by atoms with Crippen molar-refractivity contribution < 1.29 is 9.53 Å². The summed E-state index contributed by atoms with van der Waals surface area (Å²) in [5.41, 5.74) is 0.471. The first-order chi connectivity index (χ1) is 9.74. The number of hydrogen-bond donors (Lipinski definition) is 0. The maximum absolute atomic E-state index is 12.2. The number of carbonyl (C=O) groups excluding carboxylic acids is 1. The summed E-state index contributed by atoms with van der Waals surface area (Å²) in [6.07, 6.45) is 1.99. The van der Waals surface area contributed by atoms with E-state index in [0.29, 0.717) is 24.5 Å². The Balaban J connectivity index is 2.75. The third-order valence-corrected chi connectivity index (χ3v) is 3.79. The average Bonchev–Trinajstić information content (AvgIpc) is 2.34. The highest BCUT2D eigenvalue weighted by molar-refractivity contribution is 9.10. The van der Waals surface area contributed by atoms with Gasteiger partial charge < -0.3 is 9.64 Å². The molecule has 0 saturated heterocycles. The van der Waals surface area contributed by atoms with Crippen LogP contribution in [0.3, 0.4) is 0 Å². The molecule has 5 heteroatoms. The van der Waals surface area contributed by atoms with E-state index in [4.69, 9.17) is 16.3 Å². The summed E-state index contributed by atoms with van der Waals surface area (Å²) in [6, 6.07) is 5.66. The van der Waals surface area contributed by atoms with Crippen LogP contribution in [0.15, 0.2) is 35.3 Å². The molecule has 116 valence electrons. The molecule has 0 saturated carbocycles. The number of rotatable bonds is 5. The monoisotopic (exact) mass is 373 g/mol. The maximum Gasteiger partial charge on any atom is 0.410 e. The molecule has 0 aliphatic heterocycles. The van der Waals surface area contributed by atoms with Crippen LogP contribution in [0.1, 0.15) is 26.3 Å². The molecule has 0 radical (unpaired) electrons. The summed E-state index contributed by atoms with van der Waals surface area (Å²) in [4.78, 5) is 13.8. The van der Waals surface area contributed by atoms with Gasteiger partial charge in [-0.1, -0.05) is 39.7 Å². The second kappa shape index (κ2) is 7.85. The highest BCUT2D eigenvalue weighted by Crippen LogP contribution is 2.25. The van der Waals surface area contributed by atoms with E-state index in [2.05, 4.69) is 22.5 Å². The summed E-state index contributed by atoms with van der Waals surface area (Å²) in [6.45, 7) is 10.2. The van der Waals surface area contributed by atoms with Crippen molar-refractivity contribution in [3.05, 3.63) is 45.9 Å². The third kappa shape index (κ3) is 6.10. The molecular formula is C16H21BrClNO2. The Labute approximate surface area is 140 Å². The molecule has 1 aromatic carbocycles. The topological polar surface area (TPSA) is 29.5 Å². The van der Waals surface area contributed by atoms with E-state index in [-0.39, 0.29) is 6.09 Å². The number of hydrogen-bond acceptors (Lipinski definition) is 2. The van der Waals surface area contributed by atoms with Crippen LogP contribution in [0.2, 0.25) is 5.02 Å². The zero-order chi connectivity index (χ0) is 16.0. The zero-order valence-corrected chi connectivity index (χ0v) is 15.0. The Morgan fingerprint density at radius 2 is 2.14 bits per heavy atom. The quantitative estimate of drug-likeness (QED) is 0.674. The average molecular weight is 375 g/mol. The van der Waals surface area contributed by atoms with Crippen LogP contribution in [0.4, 0.5) is 4.79 Å². The number of amides is 1. The number of ether oxygens (including phenoxy) is 1. The van der Waals surface area contributed by atoms with E-state index in [9.17, 15) is 4.79 Å². The van der Waals surface area contributed by atoms with Crippen molar-refractivity contribution >= 4 is 33.6 Å². The van der Waals surface area contributed by atoms with Crippen molar-refractivity contribution in [1.82, 2.24) is 4.90 Å². The molecule has 3 nitrogen and oxygen atoms in total. The SMILES string of the molecule is C=CCN(CCc1c(Cl)cccc1Br)C(=O)OC(C)(C)C. The summed E-state index contributed by atoms with van der Waals surface area (Å²) in [5.74, 6) is 0. The second-order valence-corrected chi connectivity index (χ2v) is 6.93. The highest BCUT2D eigenvalue weighted by atomic mass is 79.9. The second-order valence-electron chi connectivity index (χ2n) is 5.67. The first-order valence-electron chi connectivity index (χ1n) is 6.76. The predicted molar refractivity (Wildman–Crippen MR) is 90.9 cm³/mol. The minimum atomic E-state index is -0.512. The molecule has 0 aliphatic carbocycles. The lowest BCUT2D eigenvalue weighted by atomic mass is 10.1. The summed E-state index contributed by atoms with van der Waals surface area (Å²) in [7, 11) is 0. The number of nitrogens with zero attached hydrogens (tertiary/aromatic N) is 1. The lowest BCUT2D eigenvalue weighted by Gasteiger charge is -2.26. The molecule has 21 heavy (non-hydrogen) atoms. The molecule has 0 unspecified atom stereocenters. The van der Waals surface area contributed by atoms with Gasteiger partial charge in [0, 0.05) is 22.6 Å². The fourth-order valence-electron chi connectivity index (χ4n) is 1.76. The van der Waals surface area contributed by atoms with E-state index < -0.39 is 5.60 Å². The molecule has 0 heterocycles. The van der Waals surface area contributed by atoms with Gasteiger partial charge in [0.05, 0.1) is 0 Å². The van der Waals surface area contributed by atoms with Crippen molar-refractivity contribution in [2.45, 2.75) is 32.8 Å². The molecule has 0 atom stereocenters. The predicted octanol–water partition coefficient (Wildman–Crippen LogP) is 5.07. The molecule has 0 fully saturated rings. The van der Waals surface area contributed by atoms with Crippen LogP contribution in [-0.2, 0) is 11.2 Å². The fourth-order valence-corrected chi connectivity index (χ4v) is 2.70. The highest BCUT2D eigenvalue weighted by Gasteiger charge is 2.21. The van der Waals surface area contributed by atoms with Crippen molar-refractivity contribution in [1.29, 1.82) is 0 Å². The van der Waals surface area contributed by atoms with Crippen molar-refractivity contribution in [3.8, 4) is 0 Å². The van der Waals surface area contributed by atoms with Gasteiger partial charge in [-0.2, -0.15) is 0 Å². The van der Waals surface area contributed by atoms with E-state index in [0.717, 1.165) is 10.0 Å². The normalized spacial score (nSPS) is 11.1. The lowest BCUT2D eigenvalue weighted by molar-refractivity contribution is 0.0274. The van der Waals surface area contributed by atoms with Gasteiger partial charge in [0.25, 0.3) is 0 Å². The number of carbonyl (C=O) groups is 1. The number of halogens is 2. The lowest BCUT2D eigenvalue weighted by Crippen LogP contribution is -2.38. The first kappa shape index (κ1) is 18.1. The maximum atomic E-state index is 12.2. The van der Waals surface area contributed by atoms with Gasteiger partial charge in [-0.25, -0.2) is 4.79 Å². The minimum absolute atomic E-state index is 0.342. The van der Waals surface area contributed by atoms with Gasteiger partial charge >= 0.3 is 6.09 Å². The summed E-state index contributed by atoms with van der Waals surface area (Å²) >= 11 is 9.67. The van der Waals surface area contributed by atoms with Crippen LogP contribution in [0.5, 0.6) is 0 Å². The van der Waals surface area contributed by atoms with Gasteiger partial charge in [0.15, 0.2) is 0 Å². The van der Waals surface area contributed by atoms with Crippen LogP contribution in [-0.4, -0.2) is 29.7 Å². The molecule has 0 aliphatic rings. The third-order valence-electron chi connectivity index (χ3n) is 2.69. The van der Waals surface area contributed by atoms with Gasteiger partial charge in [-0.05, 0) is 44.9 Å². The van der Waals surface area contributed by atoms with Crippen LogP contribution < -0.4 is 0 Å². The van der Waals surface area contributed by atoms with E-state index in [1.54, 1.807) is 11.0 Å². The molecule has 0 aromatic heterocycles. The van der Waals surface area contributed by atoms with E-state index in [1.807, 2.05) is 39.0 Å². The van der Waals surface area contributed by atoms with Gasteiger partial charge in [0.2, 0.25) is 0 Å². The molecule has 1 rings (SSSR count). The van der Waals surface area contributed by atoms with Gasteiger partial charge in [-0.3, -0.25) is 0 Å². The largest absolute Gasteiger partial charge is 0.444 e. The van der Waals surface area contributed by atoms with Crippen molar-refractivity contribution in [2.24, 2.45) is 0 Å². The zero-order valence-electron chi connectivity index (χ0n) is 12.7. The fraction of sp³-hybridized carbons (Fsp3) is 0.438.